The minimum atomic E-state index is -0.717. The Hall–Kier alpha value is -1.90. The second-order valence-corrected chi connectivity index (χ2v) is 3.24. The standard InChI is InChI=1S/C11H9ClN2O2/c1-16-11(15)10(14-13)7-6-8-4-2-3-5-9(8)12/h2-7H,1H3/b7-6+. The van der Waals surface area contributed by atoms with Crippen molar-refractivity contribution >= 4 is 29.4 Å². The minimum absolute atomic E-state index is 0.192. The number of esters is 1. The molecule has 0 unspecified atom stereocenters. The normalized spacial score (nSPS) is 9.88. The summed E-state index contributed by atoms with van der Waals surface area (Å²) >= 11 is 5.89. The van der Waals surface area contributed by atoms with E-state index in [9.17, 15) is 4.79 Å². The van der Waals surface area contributed by atoms with Crippen LogP contribution in [0, 0.1) is 0 Å². The zero-order chi connectivity index (χ0) is 12.0. The van der Waals surface area contributed by atoms with Gasteiger partial charge >= 0.3 is 11.7 Å². The summed E-state index contributed by atoms with van der Waals surface area (Å²) in [7, 11) is 1.21. The van der Waals surface area contributed by atoms with Crippen molar-refractivity contribution in [1.29, 1.82) is 0 Å². The quantitative estimate of drug-likeness (QED) is 0.350. The maximum Gasteiger partial charge on any atom is 0.421 e. The smallest absolute Gasteiger partial charge is 0.421 e. The van der Waals surface area contributed by atoms with Gasteiger partial charge in [0.05, 0.1) is 7.11 Å². The molecule has 0 amide bonds. The van der Waals surface area contributed by atoms with Crippen molar-refractivity contribution in [2.24, 2.45) is 0 Å². The molecule has 0 atom stereocenters. The van der Waals surface area contributed by atoms with E-state index in [1.807, 2.05) is 0 Å². The number of ether oxygens (including phenoxy) is 1. The number of rotatable bonds is 3. The Morgan fingerprint density at radius 1 is 1.50 bits per heavy atom. The van der Waals surface area contributed by atoms with Gasteiger partial charge in [-0.1, -0.05) is 29.8 Å². The van der Waals surface area contributed by atoms with Gasteiger partial charge in [0.1, 0.15) is 0 Å². The molecule has 0 spiro atoms. The Bertz CT molecular complexity index is 477. The van der Waals surface area contributed by atoms with E-state index in [-0.39, 0.29) is 5.71 Å². The molecule has 0 aliphatic rings. The number of halogens is 1. The van der Waals surface area contributed by atoms with Crippen LogP contribution in [0.15, 0.2) is 30.3 Å². The van der Waals surface area contributed by atoms with Gasteiger partial charge in [0, 0.05) is 11.1 Å². The monoisotopic (exact) mass is 236 g/mol. The fraction of sp³-hybridized carbons (Fsp3) is 0.0909. The lowest BCUT2D eigenvalue weighted by atomic mass is 10.2. The average Bonchev–Trinajstić information content (AvgIpc) is 2.31. The van der Waals surface area contributed by atoms with Crippen LogP contribution in [0.3, 0.4) is 0 Å². The van der Waals surface area contributed by atoms with Crippen LogP contribution in [0.1, 0.15) is 5.56 Å². The number of benzene rings is 1. The van der Waals surface area contributed by atoms with E-state index in [4.69, 9.17) is 17.1 Å². The highest BCUT2D eigenvalue weighted by atomic mass is 35.5. The molecule has 1 aromatic rings. The molecule has 0 heterocycles. The van der Waals surface area contributed by atoms with Crippen LogP contribution in [-0.4, -0.2) is 23.6 Å². The zero-order valence-corrected chi connectivity index (χ0v) is 9.31. The summed E-state index contributed by atoms with van der Waals surface area (Å²) in [4.78, 5) is 13.9. The first kappa shape index (κ1) is 12.2. The highest BCUT2D eigenvalue weighted by molar-refractivity contribution is 6.39. The molecule has 0 fully saturated rings. The van der Waals surface area contributed by atoms with Gasteiger partial charge in [0.2, 0.25) is 0 Å². The summed E-state index contributed by atoms with van der Waals surface area (Å²) in [6, 6.07) is 7.08. The van der Waals surface area contributed by atoms with Crippen LogP contribution >= 0.6 is 11.6 Å². The number of carbonyl (C=O) groups is 1. The largest absolute Gasteiger partial charge is 0.460 e. The number of carbonyl (C=O) groups excluding carboxylic acids is 1. The van der Waals surface area contributed by atoms with Crippen LogP contribution in [-0.2, 0) is 9.53 Å². The fourth-order valence-corrected chi connectivity index (χ4v) is 1.22. The van der Waals surface area contributed by atoms with Gasteiger partial charge in [-0.2, -0.15) is 4.79 Å². The molecule has 0 bridgehead atoms. The predicted octanol–water partition coefficient (Wildman–Crippen LogP) is 2.20. The van der Waals surface area contributed by atoms with E-state index in [0.717, 1.165) is 0 Å². The summed E-state index contributed by atoms with van der Waals surface area (Å²) in [6.45, 7) is 0. The SMILES string of the molecule is COC(=O)C(/C=C/c1ccccc1Cl)=[N+]=[N-]. The summed E-state index contributed by atoms with van der Waals surface area (Å²) in [5.41, 5.74) is 9.10. The van der Waals surface area contributed by atoms with Crippen molar-refractivity contribution in [1.82, 2.24) is 0 Å². The van der Waals surface area contributed by atoms with Crippen molar-refractivity contribution in [3.8, 4) is 0 Å². The molecular weight excluding hydrogens is 228 g/mol. The Labute approximate surface area is 97.7 Å². The summed E-state index contributed by atoms with van der Waals surface area (Å²) in [6.07, 6.45) is 2.89. The van der Waals surface area contributed by atoms with Crippen LogP contribution in [0.25, 0.3) is 11.6 Å². The Morgan fingerprint density at radius 2 is 2.19 bits per heavy atom. The highest BCUT2D eigenvalue weighted by Gasteiger charge is 2.16. The first-order valence-electron chi connectivity index (χ1n) is 4.42. The molecule has 4 nitrogen and oxygen atoms in total. The molecule has 0 aromatic heterocycles. The van der Waals surface area contributed by atoms with E-state index in [1.165, 1.54) is 13.2 Å². The van der Waals surface area contributed by atoms with E-state index in [0.29, 0.717) is 10.6 Å². The maximum absolute atomic E-state index is 11.1. The van der Waals surface area contributed by atoms with Crippen LogP contribution in [0.2, 0.25) is 5.02 Å². The molecule has 0 saturated heterocycles. The Kier molecular flexibility index (Phi) is 4.45. The van der Waals surface area contributed by atoms with Crippen molar-refractivity contribution in [3.05, 3.63) is 46.5 Å². The van der Waals surface area contributed by atoms with E-state index < -0.39 is 5.97 Å². The highest BCUT2D eigenvalue weighted by Crippen LogP contribution is 2.16. The van der Waals surface area contributed by atoms with Gasteiger partial charge in [0.25, 0.3) is 0 Å². The molecule has 0 N–H and O–H groups in total. The molecule has 5 heteroatoms. The van der Waals surface area contributed by atoms with Gasteiger partial charge in [-0.15, -0.1) is 0 Å². The van der Waals surface area contributed by atoms with Gasteiger partial charge in [-0.05, 0) is 17.7 Å². The lowest BCUT2D eigenvalue weighted by molar-refractivity contribution is -0.137. The predicted molar refractivity (Wildman–Crippen MR) is 61.1 cm³/mol. The van der Waals surface area contributed by atoms with Gasteiger partial charge in [-0.25, -0.2) is 4.79 Å². The number of methoxy groups -OCH3 is 1. The summed E-state index contributed by atoms with van der Waals surface area (Å²) < 4.78 is 4.41. The molecule has 1 rings (SSSR count). The molecule has 0 radical (unpaired) electrons. The molecule has 1 aromatic carbocycles. The lowest BCUT2D eigenvalue weighted by Gasteiger charge is -1.94. The third kappa shape index (κ3) is 3.05. The first-order chi connectivity index (χ1) is 7.69. The lowest BCUT2D eigenvalue weighted by Crippen LogP contribution is -2.13. The summed E-state index contributed by atoms with van der Waals surface area (Å²) in [5, 5.41) is 0.543. The van der Waals surface area contributed by atoms with Gasteiger partial charge in [0.15, 0.2) is 0 Å². The second kappa shape index (κ2) is 5.85. The zero-order valence-electron chi connectivity index (χ0n) is 8.55. The number of nitrogens with zero attached hydrogens (tertiary/aromatic N) is 2. The van der Waals surface area contributed by atoms with Crippen molar-refractivity contribution in [2.45, 2.75) is 0 Å². The van der Waals surface area contributed by atoms with Crippen molar-refractivity contribution in [3.63, 3.8) is 0 Å². The minimum Gasteiger partial charge on any atom is -0.460 e. The van der Waals surface area contributed by atoms with E-state index in [2.05, 4.69) is 9.53 Å². The van der Waals surface area contributed by atoms with Gasteiger partial charge < -0.3 is 10.3 Å². The molecular formula is C11H9ClN2O2. The first-order valence-corrected chi connectivity index (χ1v) is 4.80. The average molecular weight is 237 g/mol. The molecule has 0 saturated carbocycles. The van der Waals surface area contributed by atoms with Crippen molar-refractivity contribution in [2.75, 3.05) is 7.11 Å². The van der Waals surface area contributed by atoms with Crippen molar-refractivity contribution < 1.29 is 14.3 Å². The summed E-state index contributed by atoms with van der Waals surface area (Å²) in [5.74, 6) is -0.717. The molecule has 16 heavy (non-hydrogen) atoms. The maximum atomic E-state index is 11.1. The molecule has 0 aliphatic carbocycles. The van der Waals surface area contributed by atoms with Crippen LogP contribution in [0.5, 0.6) is 0 Å². The second-order valence-electron chi connectivity index (χ2n) is 2.83. The third-order valence-electron chi connectivity index (χ3n) is 1.83. The number of hydrogen-bond acceptors (Lipinski definition) is 2. The van der Waals surface area contributed by atoms with Crippen LogP contribution < -0.4 is 0 Å². The number of hydrogen-bond donors (Lipinski definition) is 0. The molecule has 0 aliphatic heterocycles. The topological polar surface area (TPSA) is 62.7 Å². The van der Waals surface area contributed by atoms with Gasteiger partial charge in [-0.3, -0.25) is 0 Å². The molecule has 82 valence electrons. The third-order valence-corrected chi connectivity index (χ3v) is 2.17. The van der Waals surface area contributed by atoms with Crippen LogP contribution in [0.4, 0.5) is 0 Å². The van der Waals surface area contributed by atoms with E-state index >= 15 is 0 Å². The Morgan fingerprint density at radius 3 is 2.75 bits per heavy atom. The Balaban J connectivity index is 2.93. The fourth-order valence-electron chi connectivity index (χ4n) is 1.03. The van der Waals surface area contributed by atoms with E-state index in [1.54, 1.807) is 30.3 Å².